The maximum absolute atomic E-state index is 13.0. The Morgan fingerprint density at radius 1 is 1.12 bits per heavy atom. The molecule has 0 amide bonds. The molecule has 4 rings (SSSR count). The van der Waals surface area contributed by atoms with E-state index in [0.717, 1.165) is 51.1 Å². The number of nitrogens with zero attached hydrogens (tertiary/aromatic N) is 3. The second-order valence-electron chi connectivity index (χ2n) is 9.58. The van der Waals surface area contributed by atoms with Crippen molar-refractivity contribution in [3.8, 4) is 5.75 Å². The number of likely N-dealkylation sites (N-methyl/N-ethyl adjacent to an activating group) is 1. The Morgan fingerprint density at radius 3 is 2.45 bits per heavy atom. The number of ether oxygens (including phenoxy) is 1. The van der Waals surface area contributed by atoms with Crippen LogP contribution in [0.4, 0.5) is 0 Å². The minimum Gasteiger partial charge on any atom is -0.493 e. The highest BCUT2D eigenvalue weighted by atomic mass is 32.2. The van der Waals surface area contributed by atoms with Gasteiger partial charge in [0.25, 0.3) is 10.2 Å². The lowest BCUT2D eigenvalue weighted by Crippen LogP contribution is -2.52. The first kappa shape index (κ1) is 24.9. The first-order valence-corrected chi connectivity index (χ1v) is 15.3. The lowest BCUT2D eigenvalue weighted by atomic mass is 9.96. The average molecular weight is 500 g/mol. The molecule has 0 bridgehead atoms. The van der Waals surface area contributed by atoms with Crippen LogP contribution in [-0.2, 0) is 32.9 Å². The van der Waals surface area contributed by atoms with Crippen LogP contribution in [0.5, 0.6) is 5.75 Å². The van der Waals surface area contributed by atoms with Crippen LogP contribution in [0.25, 0.3) is 0 Å². The number of sulfone groups is 1. The van der Waals surface area contributed by atoms with Crippen molar-refractivity contribution < 1.29 is 21.6 Å². The maximum Gasteiger partial charge on any atom is 0.282 e. The fourth-order valence-electron chi connectivity index (χ4n) is 5.20. The molecule has 3 heterocycles. The van der Waals surface area contributed by atoms with Gasteiger partial charge in [-0.05, 0) is 55.8 Å². The molecule has 33 heavy (non-hydrogen) atoms. The summed E-state index contributed by atoms with van der Waals surface area (Å²) in [5.74, 6) is 1.33. The summed E-state index contributed by atoms with van der Waals surface area (Å²) in [6.07, 6.45) is 3.66. The topological polar surface area (TPSA) is 87.2 Å². The molecule has 3 aliphatic heterocycles. The monoisotopic (exact) mass is 499 g/mol. The highest BCUT2D eigenvalue weighted by Crippen LogP contribution is 2.28. The summed E-state index contributed by atoms with van der Waals surface area (Å²) in [7, 11) is -6.68. The number of fused-ring (bicyclic) bond motifs is 1. The molecule has 0 aromatic heterocycles. The first-order chi connectivity index (χ1) is 15.7. The van der Waals surface area contributed by atoms with Crippen LogP contribution in [0.2, 0.25) is 0 Å². The highest BCUT2D eigenvalue weighted by Gasteiger charge is 2.36. The van der Waals surface area contributed by atoms with Crippen molar-refractivity contribution in [2.45, 2.75) is 45.6 Å². The molecule has 8 nitrogen and oxygen atoms in total. The summed E-state index contributed by atoms with van der Waals surface area (Å²) in [5, 5.41) is 0. The third kappa shape index (κ3) is 5.90. The molecular formula is C23H37N3O5S2. The van der Waals surface area contributed by atoms with Gasteiger partial charge in [-0.15, -0.1) is 0 Å². The van der Waals surface area contributed by atoms with Crippen molar-refractivity contribution >= 4 is 20.0 Å². The number of hydrogen-bond donors (Lipinski definition) is 0. The SMILES string of the molecule is CCN(CC1CCN(S(=O)(=O)N2CCS(=O)(=O)CC2)CC1)[C@@H](C)Cc1ccc2c(c1)CCO2. The Morgan fingerprint density at radius 2 is 1.79 bits per heavy atom. The molecule has 0 spiro atoms. The van der Waals surface area contributed by atoms with Crippen LogP contribution in [0, 0.1) is 5.92 Å². The minimum absolute atomic E-state index is 0.0700. The van der Waals surface area contributed by atoms with Gasteiger partial charge in [0.05, 0.1) is 18.1 Å². The summed E-state index contributed by atoms with van der Waals surface area (Å²) in [6.45, 7) is 8.34. The van der Waals surface area contributed by atoms with Crippen molar-refractivity contribution in [2.24, 2.45) is 5.92 Å². The molecule has 1 aromatic rings. The first-order valence-electron chi connectivity index (χ1n) is 12.1. The van der Waals surface area contributed by atoms with Crippen LogP contribution >= 0.6 is 0 Å². The quantitative estimate of drug-likeness (QED) is 0.540. The van der Waals surface area contributed by atoms with Gasteiger partial charge in [0.1, 0.15) is 5.75 Å². The van der Waals surface area contributed by atoms with Crippen molar-refractivity contribution in [2.75, 3.05) is 57.4 Å². The number of hydrogen-bond acceptors (Lipinski definition) is 6. The second kappa shape index (κ2) is 10.2. The van der Waals surface area contributed by atoms with E-state index in [0.29, 0.717) is 25.0 Å². The predicted octanol–water partition coefficient (Wildman–Crippen LogP) is 1.56. The van der Waals surface area contributed by atoms with Gasteiger partial charge in [0.15, 0.2) is 9.84 Å². The Labute approximate surface area is 199 Å². The summed E-state index contributed by atoms with van der Waals surface area (Å²) >= 11 is 0. The van der Waals surface area contributed by atoms with Crippen LogP contribution in [0.15, 0.2) is 18.2 Å². The van der Waals surface area contributed by atoms with E-state index < -0.39 is 20.0 Å². The van der Waals surface area contributed by atoms with Crippen LogP contribution in [-0.4, -0.2) is 93.8 Å². The van der Waals surface area contributed by atoms with Crippen LogP contribution < -0.4 is 4.74 Å². The molecule has 2 saturated heterocycles. The molecule has 0 aliphatic carbocycles. The second-order valence-corrected chi connectivity index (χ2v) is 13.8. The standard InChI is InChI=1S/C23H37N3O5S2/c1-3-24(19(2)16-21-4-5-23-22(17-21)8-13-31-23)18-20-6-9-25(10-7-20)33(29,30)26-11-14-32(27,28)15-12-26/h4-5,17,19-20H,3,6-16,18H2,1-2H3/t19-/m0/s1. The third-order valence-electron chi connectivity index (χ3n) is 7.34. The molecule has 186 valence electrons. The molecule has 2 fully saturated rings. The van der Waals surface area contributed by atoms with Gasteiger partial charge in [-0.1, -0.05) is 19.1 Å². The van der Waals surface area contributed by atoms with E-state index in [-0.39, 0.29) is 24.6 Å². The summed E-state index contributed by atoms with van der Waals surface area (Å²) < 4.78 is 57.7. The van der Waals surface area contributed by atoms with Gasteiger partial charge in [-0.2, -0.15) is 17.0 Å². The Bertz CT molecular complexity index is 1020. The van der Waals surface area contributed by atoms with Gasteiger partial charge in [-0.3, -0.25) is 0 Å². The highest BCUT2D eigenvalue weighted by molar-refractivity contribution is 7.91. The lowest BCUT2D eigenvalue weighted by Gasteiger charge is -2.38. The fourth-order valence-corrected chi connectivity index (χ4v) is 8.28. The number of rotatable bonds is 8. The van der Waals surface area contributed by atoms with Crippen molar-refractivity contribution in [3.63, 3.8) is 0 Å². The van der Waals surface area contributed by atoms with E-state index in [1.807, 2.05) is 0 Å². The summed E-state index contributed by atoms with van der Waals surface area (Å²) in [6, 6.07) is 6.95. The molecule has 0 saturated carbocycles. The molecule has 3 aliphatic rings. The molecule has 1 aromatic carbocycles. The van der Waals surface area contributed by atoms with E-state index in [9.17, 15) is 16.8 Å². The fraction of sp³-hybridized carbons (Fsp3) is 0.739. The largest absolute Gasteiger partial charge is 0.493 e. The average Bonchev–Trinajstić information content (AvgIpc) is 3.25. The number of benzene rings is 1. The van der Waals surface area contributed by atoms with Gasteiger partial charge >= 0.3 is 0 Å². The minimum atomic E-state index is -3.58. The van der Waals surface area contributed by atoms with Gasteiger partial charge < -0.3 is 9.64 Å². The predicted molar refractivity (Wildman–Crippen MR) is 129 cm³/mol. The van der Waals surface area contributed by atoms with Crippen molar-refractivity contribution in [1.82, 2.24) is 13.5 Å². The Kier molecular flexibility index (Phi) is 7.69. The van der Waals surface area contributed by atoms with E-state index in [2.05, 4.69) is 36.9 Å². The number of piperidine rings is 1. The molecule has 0 radical (unpaired) electrons. The zero-order chi connectivity index (χ0) is 23.6. The summed E-state index contributed by atoms with van der Waals surface area (Å²) in [5.41, 5.74) is 2.65. The lowest BCUT2D eigenvalue weighted by molar-refractivity contribution is 0.150. The van der Waals surface area contributed by atoms with E-state index in [1.165, 1.54) is 15.4 Å². The van der Waals surface area contributed by atoms with E-state index in [1.54, 1.807) is 4.31 Å². The Balaban J connectivity index is 1.28. The molecular weight excluding hydrogens is 462 g/mol. The van der Waals surface area contributed by atoms with Crippen LogP contribution in [0.1, 0.15) is 37.8 Å². The zero-order valence-corrected chi connectivity index (χ0v) is 21.4. The van der Waals surface area contributed by atoms with Crippen LogP contribution in [0.3, 0.4) is 0 Å². The molecule has 0 N–H and O–H groups in total. The smallest absolute Gasteiger partial charge is 0.282 e. The van der Waals surface area contributed by atoms with Crippen molar-refractivity contribution in [1.29, 1.82) is 0 Å². The molecule has 0 unspecified atom stereocenters. The van der Waals surface area contributed by atoms with Gasteiger partial charge in [0, 0.05) is 45.2 Å². The third-order valence-corrected chi connectivity index (χ3v) is 11.0. The normalized spacial score (nSPS) is 23.4. The Hall–Kier alpha value is -1.20. The van der Waals surface area contributed by atoms with Gasteiger partial charge in [-0.25, -0.2) is 8.42 Å². The van der Waals surface area contributed by atoms with Crippen molar-refractivity contribution in [3.05, 3.63) is 29.3 Å². The zero-order valence-electron chi connectivity index (χ0n) is 19.8. The van der Waals surface area contributed by atoms with Gasteiger partial charge in [0.2, 0.25) is 0 Å². The van der Waals surface area contributed by atoms with E-state index in [4.69, 9.17) is 4.74 Å². The molecule has 10 heteroatoms. The summed E-state index contributed by atoms with van der Waals surface area (Å²) in [4.78, 5) is 2.51. The molecule has 1 atom stereocenters. The maximum atomic E-state index is 13.0. The van der Waals surface area contributed by atoms with E-state index >= 15 is 0 Å².